The van der Waals surface area contributed by atoms with E-state index in [1.54, 1.807) is 23.6 Å². The van der Waals surface area contributed by atoms with Gasteiger partial charge in [0.05, 0.1) is 12.8 Å². The van der Waals surface area contributed by atoms with Crippen LogP contribution in [0, 0.1) is 0 Å². The minimum Gasteiger partial charge on any atom is -0.497 e. The average Bonchev–Trinajstić information content (AvgIpc) is 2.97. The van der Waals surface area contributed by atoms with E-state index < -0.39 is 0 Å². The Morgan fingerprint density at radius 3 is 2.59 bits per heavy atom. The first kappa shape index (κ1) is 16.0. The first-order valence-electron chi connectivity index (χ1n) is 6.55. The number of ether oxygens (including phenoxy) is 1. The van der Waals surface area contributed by atoms with Crippen LogP contribution in [0.15, 0.2) is 23.6 Å². The number of amides is 1. The van der Waals surface area contributed by atoms with E-state index in [4.69, 9.17) is 4.74 Å². The van der Waals surface area contributed by atoms with Crippen molar-refractivity contribution < 1.29 is 14.3 Å². The van der Waals surface area contributed by atoms with Crippen molar-refractivity contribution in [2.24, 2.45) is 0 Å². The summed E-state index contributed by atoms with van der Waals surface area (Å²) in [6, 6.07) is 4.93. The molecule has 0 aliphatic carbocycles. The van der Waals surface area contributed by atoms with E-state index in [2.05, 4.69) is 10.3 Å². The lowest BCUT2D eigenvalue weighted by Crippen LogP contribution is -2.15. The number of thiazole rings is 1. The Labute approximate surface area is 132 Å². The molecule has 0 saturated heterocycles. The predicted octanol–water partition coefficient (Wildman–Crippen LogP) is 2.67. The van der Waals surface area contributed by atoms with Gasteiger partial charge in [-0.3, -0.25) is 9.59 Å². The fraction of sp³-hybridized carbons (Fsp3) is 0.267. The van der Waals surface area contributed by atoms with Crippen molar-refractivity contribution in [2.75, 3.05) is 31.4 Å². The summed E-state index contributed by atoms with van der Waals surface area (Å²) in [6.45, 7) is 1.45. The van der Waals surface area contributed by atoms with Crippen LogP contribution in [0.25, 0.3) is 0 Å². The summed E-state index contributed by atoms with van der Waals surface area (Å²) in [4.78, 5) is 30.0. The van der Waals surface area contributed by atoms with E-state index >= 15 is 0 Å². The molecule has 0 fully saturated rings. The molecule has 0 spiro atoms. The predicted molar refractivity (Wildman–Crippen MR) is 87.4 cm³/mol. The number of rotatable bonds is 5. The Morgan fingerprint density at radius 1 is 1.32 bits per heavy atom. The fourth-order valence-electron chi connectivity index (χ4n) is 1.82. The first-order valence-corrected chi connectivity index (χ1v) is 7.43. The van der Waals surface area contributed by atoms with Crippen LogP contribution in [0.1, 0.15) is 27.8 Å². The van der Waals surface area contributed by atoms with E-state index in [9.17, 15) is 9.59 Å². The number of aromatic nitrogens is 1. The second kappa shape index (κ2) is 6.57. The molecule has 7 heteroatoms. The van der Waals surface area contributed by atoms with Gasteiger partial charge in [0.2, 0.25) is 0 Å². The summed E-state index contributed by atoms with van der Waals surface area (Å²) < 4.78 is 5.13. The van der Waals surface area contributed by atoms with Gasteiger partial charge >= 0.3 is 0 Å². The van der Waals surface area contributed by atoms with Crippen LogP contribution in [0.5, 0.6) is 5.75 Å². The summed E-state index contributed by atoms with van der Waals surface area (Å²) in [6.07, 6.45) is 0. The van der Waals surface area contributed by atoms with Crippen LogP contribution in [0.4, 0.5) is 10.8 Å². The number of hydrogen-bond acceptors (Lipinski definition) is 6. The van der Waals surface area contributed by atoms with Gasteiger partial charge in [-0.2, -0.15) is 0 Å². The lowest BCUT2D eigenvalue weighted by atomic mass is 10.1. The topological polar surface area (TPSA) is 71.5 Å². The lowest BCUT2D eigenvalue weighted by Gasteiger charge is -2.10. The average molecular weight is 319 g/mol. The second-order valence-corrected chi connectivity index (χ2v) is 5.67. The molecule has 0 aliphatic heterocycles. The molecule has 0 atom stereocenters. The fourth-order valence-corrected chi connectivity index (χ4v) is 2.56. The minimum absolute atomic E-state index is 0.134. The summed E-state index contributed by atoms with van der Waals surface area (Å²) in [5.74, 6) is 0.0675. The van der Waals surface area contributed by atoms with Crippen molar-refractivity contribution >= 4 is 33.8 Å². The van der Waals surface area contributed by atoms with Gasteiger partial charge in [-0.05, 0) is 19.1 Å². The third-order valence-electron chi connectivity index (χ3n) is 2.96. The zero-order chi connectivity index (χ0) is 16.3. The molecule has 2 rings (SSSR count). The summed E-state index contributed by atoms with van der Waals surface area (Å²) in [5.41, 5.74) is 1.15. The number of methoxy groups -OCH3 is 1. The van der Waals surface area contributed by atoms with Crippen molar-refractivity contribution in [3.8, 4) is 5.75 Å². The van der Waals surface area contributed by atoms with Crippen LogP contribution in [-0.4, -0.2) is 37.9 Å². The number of Topliss-reactive ketones (excluding diaryl/α,β-unsaturated/α-hetero) is 1. The molecule has 22 heavy (non-hydrogen) atoms. The monoisotopic (exact) mass is 319 g/mol. The first-order chi connectivity index (χ1) is 10.4. The molecule has 0 radical (unpaired) electrons. The molecule has 1 heterocycles. The zero-order valence-corrected chi connectivity index (χ0v) is 13.7. The third-order valence-corrected chi connectivity index (χ3v) is 3.97. The van der Waals surface area contributed by atoms with Gasteiger partial charge in [-0.25, -0.2) is 4.98 Å². The van der Waals surface area contributed by atoms with Crippen LogP contribution in [0.3, 0.4) is 0 Å². The third kappa shape index (κ3) is 3.43. The van der Waals surface area contributed by atoms with Crippen LogP contribution < -0.4 is 15.0 Å². The molecule has 0 unspecified atom stereocenters. The van der Waals surface area contributed by atoms with Gasteiger partial charge in [0.25, 0.3) is 5.91 Å². The van der Waals surface area contributed by atoms with Crippen LogP contribution >= 0.6 is 11.3 Å². The molecule has 6 nitrogen and oxygen atoms in total. The number of nitrogens with zero attached hydrogens (tertiary/aromatic N) is 2. The quantitative estimate of drug-likeness (QED) is 0.858. The number of ketones is 1. The Morgan fingerprint density at radius 2 is 2.05 bits per heavy atom. The normalized spacial score (nSPS) is 10.2. The molecular formula is C15H17N3O3S. The minimum atomic E-state index is -0.361. The highest BCUT2D eigenvalue weighted by atomic mass is 32.1. The number of anilines is 2. The molecule has 1 N–H and O–H groups in total. The van der Waals surface area contributed by atoms with Crippen LogP contribution in [-0.2, 0) is 0 Å². The maximum atomic E-state index is 12.3. The van der Waals surface area contributed by atoms with Crippen molar-refractivity contribution in [2.45, 2.75) is 6.92 Å². The van der Waals surface area contributed by atoms with Gasteiger partial charge in [-0.1, -0.05) is 0 Å². The Kier molecular flexibility index (Phi) is 4.77. The highest BCUT2D eigenvalue weighted by Crippen LogP contribution is 2.24. The van der Waals surface area contributed by atoms with Crippen LogP contribution in [0.2, 0.25) is 0 Å². The summed E-state index contributed by atoms with van der Waals surface area (Å²) in [5, 5.41) is 5.14. The Bertz CT molecular complexity index is 710. The van der Waals surface area contributed by atoms with E-state index in [1.165, 1.54) is 25.4 Å². The number of carbonyl (C=O) groups excluding carboxylic acids is 2. The van der Waals surface area contributed by atoms with E-state index in [0.717, 1.165) is 5.13 Å². The van der Waals surface area contributed by atoms with Crippen molar-refractivity contribution in [3.05, 3.63) is 34.8 Å². The molecule has 0 saturated carbocycles. The number of nitrogens with one attached hydrogen (secondary N) is 1. The zero-order valence-electron chi connectivity index (χ0n) is 12.8. The SMILES string of the molecule is COc1ccc(C(C)=O)c(NC(=O)c2csc(N(C)C)n2)c1. The standard InChI is InChI=1S/C15H17N3O3S/c1-9(19)11-6-5-10(21-4)7-12(11)16-14(20)13-8-22-15(17-13)18(2)3/h5-8H,1-4H3,(H,16,20). The highest BCUT2D eigenvalue weighted by molar-refractivity contribution is 7.13. The van der Waals surface area contributed by atoms with Crippen molar-refractivity contribution in [1.82, 2.24) is 4.98 Å². The molecule has 1 amide bonds. The molecule has 1 aromatic heterocycles. The molecule has 1 aromatic carbocycles. The van der Waals surface area contributed by atoms with E-state index in [1.807, 2.05) is 19.0 Å². The molecule has 0 bridgehead atoms. The van der Waals surface area contributed by atoms with Gasteiger partial charge in [-0.15, -0.1) is 11.3 Å². The summed E-state index contributed by atoms with van der Waals surface area (Å²) >= 11 is 1.38. The lowest BCUT2D eigenvalue weighted by molar-refractivity contribution is 0.101. The second-order valence-electron chi connectivity index (χ2n) is 4.83. The highest BCUT2D eigenvalue weighted by Gasteiger charge is 2.16. The summed E-state index contributed by atoms with van der Waals surface area (Å²) in [7, 11) is 5.24. The number of benzene rings is 1. The van der Waals surface area contributed by atoms with E-state index in [-0.39, 0.29) is 11.7 Å². The smallest absolute Gasteiger partial charge is 0.275 e. The van der Waals surface area contributed by atoms with E-state index in [0.29, 0.717) is 22.7 Å². The van der Waals surface area contributed by atoms with Gasteiger partial charge in [0, 0.05) is 31.1 Å². The van der Waals surface area contributed by atoms with Gasteiger partial charge in [0.15, 0.2) is 10.9 Å². The van der Waals surface area contributed by atoms with Gasteiger partial charge in [0.1, 0.15) is 11.4 Å². The van der Waals surface area contributed by atoms with Crippen molar-refractivity contribution in [1.29, 1.82) is 0 Å². The molecule has 2 aromatic rings. The van der Waals surface area contributed by atoms with Crippen molar-refractivity contribution in [3.63, 3.8) is 0 Å². The molecule has 0 aliphatic rings. The maximum Gasteiger partial charge on any atom is 0.275 e. The Balaban J connectivity index is 2.28. The molecular weight excluding hydrogens is 302 g/mol. The molecule has 116 valence electrons. The number of carbonyl (C=O) groups is 2. The number of hydrogen-bond donors (Lipinski definition) is 1. The largest absolute Gasteiger partial charge is 0.497 e. The maximum absolute atomic E-state index is 12.3. The van der Waals surface area contributed by atoms with Gasteiger partial charge < -0.3 is 15.0 Å². The Hall–Kier alpha value is -2.41.